The lowest BCUT2D eigenvalue weighted by Crippen LogP contribution is -2.32. The first-order valence-corrected chi connectivity index (χ1v) is 15.0. The monoisotopic (exact) mass is 589 g/mol. The van der Waals surface area contributed by atoms with E-state index in [4.69, 9.17) is 9.97 Å². The number of nitrogens with zero attached hydrogens (tertiary/aromatic N) is 7. The van der Waals surface area contributed by atoms with E-state index in [0.29, 0.717) is 41.4 Å². The molecule has 43 heavy (non-hydrogen) atoms. The third kappa shape index (κ3) is 7.00. The molecular formula is C33H38F3N7. The summed E-state index contributed by atoms with van der Waals surface area (Å²) in [5.74, 6) is 3.19. The largest absolute Gasteiger partial charge is 0.416 e. The van der Waals surface area contributed by atoms with Crippen LogP contribution in [0.5, 0.6) is 0 Å². The van der Waals surface area contributed by atoms with Gasteiger partial charge in [-0.25, -0.2) is 15.0 Å². The predicted molar refractivity (Wildman–Crippen MR) is 164 cm³/mol. The lowest BCUT2D eigenvalue weighted by Gasteiger charge is -2.30. The second kappa shape index (κ2) is 11.6. The summed E-state index contributed by atoms with van der Waals surface area (Å²) >= 11 is 0. The third-order valence-corrected chi connectivity index (χ3v) is 8.18. The van der Waals surface area contributed by atoms with Crippen molar-refractivity contribution in [1.82, 2.24) is 19.9 Å². The number of rotatable bonds is 11. The Morgan fingerprint density at radius 3 is 2.16 bits per heavy atom. The zero-order valence-electron chi connectivity index (χ0n) is 25.2. The zero-order chi connectivity index (χ0) is 30.3. The van der Waals surface area contributed by atoms with E-state index in [0.717, 1.165) is 40.9 Å². The van der Waals surface area contributed by atoms with Gasteiger partial charge in [-0.1, -0.05) is 29.8 Å². The van der Waals surface area contributed by atoms with Gasteiger partial charge in [0.15, 0.2) is 0 Å². The fraction of sp³-hybridized carbons (Fsp3) is 0.455. The fourth-order valence-electron chi connectivity index (χ4n) is 5.63. The summed E-state index contributed by atoms with van der Waals surface area (Å²) in [5.41, 5.74) is 3.54. The van der Waals surface area contributed by atoms with Crippen molar-refractivity contribution in [3.63, 3.8) is 0 Å². The van der Waals surface area contributed by atoms with Crippen LogP contribution in [0.4, 0.5) is 30.9 Å². The summed E-state index contributed by atoms with van der Waals surface area (Å²) in [7, 11) is 3.70. The number of hydrogen-bond acceptors (Lipinski definition) is 7. The molecule has 7 nitrogen and oxygen atoms in total. The van der Waals surface area contributed by atoms with Crippen molar-refractivity contribution in [1.29, 1.82) is 0 Å². The van der Waals surface area contributed by atoms with Crippen LogP contribution >= 0.6 is 0 Å². The van der Waals surface area contributed by atoms with E-state index < -0.39 is 11.7 Å². The second-order valence-electron chi connectivity index (χ2n) is 12.5. The summed E-state index contributed by atoms with van der Waals surface area (Å²) in [4.78, 5) is 25.0. The highest BCUT2D eigenvalue weighted by Gasteiger charge is 2.33. The average Bonchev–Trinajstić information content (AvgIpc) is 3.89. The molecule has 10 heteroatoms. The van der Waals surface area contributed by atoms with Crippen molar-refractivity contribution in [3.8, 4) is 0 Å². The molecule has 0 unspecified atom stereocenters. The number of aryl methyl sites for hydroxylation is 2. The van der Waals surface area contributed by atoms with Crippen molar-refractivity contribution in [2.75, 3.05) is 41.9 Å². The van der Waals surface area contributed by atoms with Gasteiger partial charge in [0.1, 0.15) is 12.1 Å². The van der Waals surface area contributed by atoms with Crippen molar-refractivity contribution < 1.29 is 13.2 Å². The number of anilines is 3. The number of aromatic nitrogens is 4. The Morgan fingerprint density at radius 1 is 0.814 bits per heavy atom. The van der Waals surface area contributed by atoms with E-state index in [1.54, 1.807) is 17.9 Å². The zero-order valence-corrected chi connectivity index (χ0v) is 25.2. The van der Waals surface area contributed by atoms with Crippen LogP contribution in [0.2, 0.25) is 0 Å². The molecule has 0 radical (unpaired) electrons. The van der Waals surface area contributed by atoms with Gasteiger partial charge in [0.25, 0.3) is 0 Å². The topological polar surface area (TPSA) is 61.3 Å². The van der Waals surface area contributed by atoms with Crippen LogP contribution in [-0.2, 0) is 19.3 Å². The molecule has 2 aromatic carbocycles. The summed E-state index contributed by atoms with van der Waals surface area (Å²) < 4.78 is 41.3. The molecular weight excluding hydrogens is 551 g/mol. The van der Waals surface area contributed by atoms with Crippen molar-refractivity contribution in [2.45, 2.75) is 58.8 Å². The van der Waals surface area contributed by atoms with Gasteiger partial charge in [0, 0.05) is 51.2 Å². The van der Waals surface area contributed by atoms with Crippen LogP contribution in [-0.4, -0.2) is 47.1 Å². The maximum Gasteiger partial charge on any atom is 0.416 e. The normalized spacial score (nSPS) is 15.1. The number of halogens is 3. The van der Waals surface area contributed by atoms with Crippen LogP contribution in [0, 0.1) is 25.7 Å². The van der Waals surface area contributed by atoms with Crippen LogP contribution < -0.4 is 14.7 Å². The summed E-state index contributed by atoms with van der Waals surface area (Å²) in [6, 6.07) is 12.6. The Kier molecular flexibility index (Phi) is 7.87. The quantitative estimate of drug-likeness (QED) is 0.188. The first kappa shape index (κ1) is 29.1. The molecule has 0 N–H and O–H groups in total. The smallest absolute Gasteiger partial charge is 0.356 e. The number of fused-ring (bicyclic) bond motifs is 1. The lowest BCUT2D eigenvalue weighted by atomic mass is 10.0. The van der Waals surface area contributed by atoms with E-state index >= 15 is 0 Å². The number of pyridine rings is 1. The molecule has 2 saturated carbocycles. The van der Waals surface area contributed by atoms with Gasteiger partial charge in [-0.05, 0) is 80.7 Å². The minimum absolute atomic E-state index is 0.193. The molecule has 4 aromatic rings. The van der Waals surface area contributed by atoms with Gasteiger partial charge in [0.2, 0.25) is 11.9 Å². The van der Waals surface area contributed by atoms with Gasteiger partial charge in [0.05, 0.1) is 11.1 Å². The molecule has 0 bridgehead atoms. The van der Waals surface area contributed by atoms with E-state index in [1.807, 2.05) is 25.1 Å². The highest BCUT2D eigenvalue weighted by Crippen LogP contribution is 2.38. The van der Waals surface area contributed by atoms with E-state index in [9.17, 15) is 13.2 Å². The predicted octanol–water partition coefficient (Wildman–Crippen LogP) is 6.95. The molecule has 2 heterocycles. The van der Waals surface area contributed by atoms with Gasteiger partial charge >= 0.3 is 6.18 Å². The Morgan fingerprint density at radius 2 is 1.51 bits per heavy atom. The molecule has 0 amide bonds. The molecule has 0 atom stereocenters. The maximum atomic E-state index is 13.8. The molecule has 0 aliphatic heterocycles. The van der Waals surface area contributed by atoms with Crippen molar-refractivity contribution in [3.05, 3.63) is 76.6 Å². The van der Waals surface area contributed by atoms with Gasteiger partial charge in [-0.2, -0.15) is 18.2 Å². The molecule has 226 valence electrons. The first-order valence-electron chi connectivity index (χ1n) is 15.0. The van der Waals surface area contributed by atoms with Crippen molar-refractivity contribution >= 4 is 28.6 Å². The first-order chi connectivity index (χ1) is 20.5. The van der Waals surface area contributed by atoms with Crippen LogP contribution in [0.15, 0.2) is 48.8 Å². The summed E-state index contributed by atoms with van der Waals surface area (Å²) in [6.45, 7) is 6.29. The Hall–Kier alpha value is -3.95. The highest BCUT2D eigenvalue weighted by atomic mass is 19.4. The van der Waals surface area contributed by atoms with E-state index in [2.05, 4.69) is 40.0 Å². The molecule has 0 saturated heterocycles. The summed E-state index contributed by atoms with van der Waals surface area (Å²) in [6.07, 6.45) is 1.98. The number of benzene rings is 2. The average molecular weight is 590 g/mol. The molecule has 2 fully saturated rings. The van der Waals surface area contributed by atoms with Crippen LogP contribution in [0.3, 0.4) is 0 Å². The molecule has 0 spiro atoms. The van der Waals surface area contributed by atoms with Gasteiger partial charge < -0.3 is 14.7 Å². The minimum atomic E-state index is -4.43. The standard InChI is InChI=1S/C33H38F3N7/c1-21-12-25(14-28(13-21)33(34,35)36)18-43(32-38-20-37-31(40-32)41(3)4)19-27-15-26-7-5-6-22(2)29(26)39-30(27)42(16-23-8-9-23)17-24-10-11-24/h5-7,12-15,20,23-24H,8-11,16-19H2,1-4H3. The maximum absolute atomic E-state index is 13.8. The van der Waals surface area contributed by atoms with Gasteiger partial charge in [-0.15, -0.1) is 0 Å². The number of hydrogen-bond donors (Lipinski definition) is 0. The van der Waals surface area contributed by atoms with E-state index in [-0.39, 0.29) is 6.54 Å². The Labute approximate surface area is 250 Å². The molecule has 2 aliphatic rings. The summed E-state index contributed by atoms with van der Waals surface area (Å²) in [5, 5.41) is 1.04. The van der Waals surface area contributed by atoms with Crippen LogP contribution in [0.25, 0.3) is 10.9 Å². The fourth-order valence-corrected chi connectivity index (χ4v) is 5.63. The number of alkyl halides is 3. The third-order valence-electron chi connectivity index (χ3n) is 8.18. The number of para-hydroxylation sites is 1. The minimum Gasteiger partial charge on any atom is -0.356 e. The van der Waals surface area contributed by atoms with Gasteiger partial charge in [-0.3, -0.25) is 0 Å². The SMILES string of the molecule is Cc1cc(CN(Cc2cc3cccc(C)c3nc2N(CC2CC2)CC2CC2)c2ncnc(N(C)C)n2)cc(C(F)(F)F)c1. The van der Waals surface area contributed by atoms with Crippen molar-refractivity contribution in [2.24, 2.45) is 11.8 Å². The second-order valence-corrected chi connectivity index (χ2v) is 12.5. The highest BCUT2D eigenvalue weighted by molar-refractivity contribution is 5.84. The molecule has 2 aliphatic carbocycles. The van der Waals surface area contributed by atoms with E-state index in [1.165, 1.54) is 44.1 Å². The molecule has 2 aromatic heterocycles. The molecule has 6 rings (SSSR count). The Balaban J connectivity index is 1.45. The lowest BCUT2D eigenvalue weighted by molar-refractivity contribution is -0.137. The Bertz CT molecular complexity index is 1600. The van der Waals surface area contributed by atoms with Crippen LogP contribution in [0.1, 0.15) is 53.5 Å².